The fraction of sp³-hybridized carbons (Fsp3) is 0.833. The van der Waals surface area contributed by atoms with E-state index < -0.39 is 0 Å². The lowest BCUT2D eigenvalue weighted by molar-refractivity contribution is 0.160. The maximum atomic E-state index is 4.37. The second kappa shape index (κ2) is 5.14. The maximum Gasteiger partial charge on any atom is 0.141 e. The van der Waals surface area contributed by atoms with Crippen LogP contribution in [-0.2, 0) is 6.54 Å². The van der Waals surface area contributed by atoms with Crippen LogP contribution < -0.4 is 5.32 Å². The van der Waals surface area contributed by atoms with Crippen molar-refractivity contribution in [2.75, 3.05) is 13.1 Å². The predicted octanol–water partition coefficient (Wildman–Crippen LogP) is 1.04. The molecule has 96 valence electrons. The fourth-order valence-electron chi connectivity index (χ4n) is 2.59. The number of rotatable bonds is 3. The van der Waals surface area contributed by atoms with Gasteiger partial charge < -0.3 is 5.32 Å². The largest absolute Gasteiger partial charge is 0.309 e. The van der Waals surface area contributed by atoms with Crippen LogP contribution >= 0.6 is 0 Å². The number of aromatic nitrogens is 3. The summed E-state index contributed by atoms with van der Waals surface area (Å²) >= 11 is 0. The Balaban J connectivity index is 2.02. The van der Waals surface area contributed by atoms with Gasteiger partial charge in [0.15, 0.2) is 0 Å². The lowest BCUT2D eigenvalue weighted by Crippen LogP contribution is -2.53. The Bertz CT molecular complexity index is 350. The summed E-state index contributed by atoms with van der Waals surface area (Å²) in [6.45, 7) is 11.8. The highest BCUT2D eigenvalue weighted by atomic mass is 15.4. The number of hydrogen-bond acceptors (Lipinski definition) is 4. The van der Waals surface area contributed by atoms with Crippen LogP contribution in [-0.4, -0.2) is 44.8 Å². The van der Waals surface area contributed by atoms with Crippen LogP contribution in [0.25, 0.3) is 0 Å². The van der Waals surface area contributed by atoms with Crippen LogP contribution in [0.3, 0.4) is 0 Å². The van der Waals surface area contributed by atoms with Crippen LogP contribution in [0.1, 0.15) is 39.6 Å². The van der Waals surface area contributed by atoms with E-state index in [1.54, 1.807) is 6.33 Å². The van der Waals surface area contributed by atoms with Gasteiger partial charge >= 0.3 is 0 Å². The molecule has 17 heavy (non-hydrogen) atoms. The van der Waals surface area contributed by atoms with E-state index in [1.807, 2.05) is 4.68 Å². The summed E-state index contributed by atoms with van der Waals surface area (Å²) in [7, 11) is 0. The molecule has 1 fully saturated rings. The topological polar surface area (TPSA) is 46.0 Å². The predicted molar refractivity (Wildman–Crippen MR) is 67.7 cm³/mol. The first-order valence-electron chi connectivity index (χ1n) is 6.43. The van der Waals surface area contributed by atoms with Gasteiger partial charge in [0.1, 0.15) is 12.2 Å². The van der Waals surface area contributed by atoms with Crippen molar-refractivity contribution in [3.8, 4) is 0 Å². The summed E-state index contributed by atoms with van der Waals surface area (Å²) < 4.78 is 2.01. The maximum absolute atomic E-state index is 4.37. The van der Waals surface area contributed by atoms with E-state index in [4.69, 9.17) is 0 Å². The third-order valence-electron chi connectivity index (χ3n) is 3.13. The zero-order chi connectivity index (χ0) is 12.4. The average molecular weight is 237 g/mol. The Kier molecular flexibility index (Phi) is 3.79. The summed E-state index contributed by atoms with van der Waals surface area (Å²) in [5.74, 6) is 1.07. The number of hydrogen-bond donors (Lipinski definition) is 1. The summed E-state index contributed by atoms with van der Waals surface area (Å²) in [4.78, 5) is 6.82. The molecule has 0 amide bonds. The molecule has 2 unspecified atom stereocenters. The molecule has 0 aliphatic carbocycles. The van der Waals surface area contributed by atoms with Crippen molar-refractivity contribution in [3.63, 3.8) is 0 Å². The lowest BCUT2D eigenvalue weighted by Gasteiger charge is -2.35. The van der Waals surface area contributed by atoms with Gasteiger partial charge in [-0.05, 0) is 27.7 Å². The van der Waals surface area contributed by atoms with Gasteiger partial charge in [0.25, 0.3) is 0 Å². The highest BCUT2D eigenvalue weighted by Gasteiger charge is 2.22. The highest BCUT2D eigenvalue weighted by molar-refractivity contribution is 4.90. The molecular weight excluding hydrogens is 214 g/mol. The molecule has 0 bridgehead atoms. The van der Waals surface area contributed by atoms with E-state index in [-0.39, 0.29) is 0 Å². The molecule has 1 aliphatic rings. The Morgan fingerprint density at radius 3 is 2.59 bits per heavy atom. The van der Waals surface area contributed by atoms with Gasteiger partial charge in [0.05, 0.1) is 6.54 Å². The van der Waals surface area contributed by atoms with Crippen molar-refractivity contribution < 1.29 is 0 Å². The van der Waals surface area contributed by atoms with Gasteiger partial charge in [0.2, 0.25) is 0 Å². The van der Waals surface area contributed by atoms with Gasteiger partial charge in [-0.15, -0.1) is 0 Å². The first kappa shape index (κ1) is 12.5. The Hall–Kier alpha value is -0.940. The second-order valence-corrected chi connectivity index (χ2v) is 5.38. The molecular formula is C12H23N5. The quantitative estimate of drug-likeness (QED) is 0.853. The highest BCUT2D eigenvalue weighted by Crippen LogP contribution is 2.11. The van der Waals surface area contributed by atoms with Crippen LogP contribution in [0.4, 0.5) is 0 Å². The van der Waals surface area contributed by atoms with E-state index in [9.17, 15) is 0 Å². The van der Waals surface area contributed by atoms with Crippen molar-refractivity contribution in [1.29, 1.82) is 0 Å². The van der Waals surface area contributed by atoms with Gasteiger partial charge in [-0.25, -0.2) is 9.67 Å². The second-order valence-electron chi connectivity index (χ2n) is 5.38. The van der Waals surface area contributed by atoms with Gasteiger partial charge in [-0.1, -0.05) is 0 Å². The Morgan fingerprint density at radius 1 is 1.35 bits per heavy atom. The van der Waals surface area contributed by atoms with Crippen LogP contribution in [0.2, 0.25) is 0 Å². The minimum absolute atomic E-state index is 0.380. The van der Waals surface area contributed by atoms with Gasteiger partial charge in [-0.3, -0.25) is 4.90 Å². The molecule has 1 saturated heterocycles. The minimum Gasteiger partial charge on any atom is -0.309 e. The van der Waals surface area contributed by atoms with Crippen molar-refractivity contribution in [2.45, 2.75) is 52.4 Å². The molecule has 0 radical (unpaired) electrons. The fourth-order valence-corrected chi connectivity index (χ4v) is 2.59. The standard InChI is InChI=1S/C12H23N5/c1-9(2)17-12(13-8-14-17)7-16-5-10(3)15-11(4)6-16/h8-11,15H,5-7H2,1-4H3. The normalized spacial score (nSPS) is 26.6. The SMILES string of the molecule is CC1CN(Cc2ncnn2C(C)C)CC(C)N1. The molecule has 0 spiro atoms. The number of nitrogens with one attached hydrogen (secondary N) is 1. The van der Waals surface area contributed by atoms with Crippen molar-refractivity contribution in [3.05, 3.63) is 12.2 Å². The Morgan fingerprint density at radius 2 is 2.00 bits per heavy atom. The summed E-state index contributed by atoms with van der Waals surface area (Å²) in [5, 5.41) is 7.82. The van der Waals surface area contributed by atoms with Gasteiger partial charge in [-0.2, -0.15) is 5.10 Å². The first-order valence-corrected chi connectivity index (χ1v) is 6.43. The molecule has 1 aliphatic heterocycles. The number of piperazine rings is 1. The average Bonchev–Trinajstić information content (AvgIpc) is 2.63. The van der Waals surface area contributed by atoms with Crippen molar-refractivity contribution in [1.82, 2.24) is 25.0 Å². The summed E-state index contributed by atoms with van der Waals surface area (Å²) in [6.07, 6.45) is 1.66. The minimum atomic E-state index is 0.380. The molecule has 2 rings (SSSR count). The molecule has 0 aromatic carbocycles. The third kappa shape index (κ3) is 3.04. The monoisotopic (exact) mass is 237 g/mol. The zero-order valence-electron chi connectivity index (χ0n) is 11.2. The van der Waals surface area contributed by atoms with Crippen LogP contribution in [0.5, 0.6) is 0 Å². The van der Waals surface area contributed by atoms with E-state index in [1.165, 1.54) is 0 Å². The first-order chi connectivity index (χ1) is 8.06. The van der Waals surface area contributed by atoms with Crippen LogP contribution in [0, 0.1) is 0 Å². The van der Waals surface area contributed by atoms with Crippen LogP contribution in [0.15, 0.2) is 6.33 Å². The Labute approximate surface area is 103 Å². The molecule has 2 atom stereocenters. The van der Waals surface area contributed by atoms with E-state index in [0.29, 0.717) is 18.1 Å². The molecule has 0 saturated carbocycles. The lowest BCUT2D eigenvalue weighted by atomic mass is 10.1. The smallest absolute Gasteiger partial charge is 0.141 e. The summed E-state index contributed by atoms with van der Waals surface area (Å²) in [5.41, 5.74) is 0. The molecule has 1 aromatic rings. The van der Waals surface area contributed by atoms with E-state index >= 15 is 0 Å². The molecule has 1 aromatic heterocycles. The summed E-state index contributed by atoms with van der Waals surface area (Å²) in [6, 6.07) is 1.48. The van der Waals surface area contributed by atoms with E-state index in [0.717, 1.165) is 25.5 Å². The van der Waals surface area contributed by atoms with Crippen molar-refractivity contribution >= 4 is 0 Å². The molecule has 2 heterocycles. The third-order valence-corrected chi connectivity index (χ3v) is 3.13. The number of nitrogens with zero attached hydrogens (tertiary/aromatic N) is 4. The van der Waals surface area contributed by atoms with Crippen molar-refractivity contribution in [2.24, 2.45) is 0 Å². The molecule has 1 N–H and O–H groups in total. The molecule has 5 heteroatoms. The molecule has 5 nitrogen and oxygen atoms in total. The van der Waals surface area contributed by atoms with Gasteiger partial charge in [0, 0.05) is 31.2 Å². The van der Waals surface area contributed by atoms with E-state index in [2.05, 4.69) is 48.0 Å². The zero-order valence-corrected chi connectivity index (χ0v) is 11.2.